The number of benzene rings is 1. The van der Waals surface area contributed by atoms with Crippen LogP contribution in [0.25, 0.3) is 0 Å². The van der Waals surface area contributed by atoms with E-state index >= 15 is 0 Å². The number of hydrogen-bond donors (Lipinski definition) is 1. The lowest BCUT2D eigenvalue weighted by atomic mass is 10.1. The van der Waals surface area contributed by atoms with Gasteiger partial charge in [0.25, 0.3) is 0 Å². The van der Waals surface area contributed by atoms with Crippen LogP contribution in [-0.2, 0) is 6.54 Å². The smallest absolute Gasteiger partial charge is 0.130 e. The third-order valence-electron chi connectivity index (χ3n) is 3.69. The molecule has 4 heteroatoms. The van der Waals surface area contributed by atoms with Gasteiger partial charge in [-0.15, -0.1) is 0 Å². The van der Waals surface area contributed by atoms with Crippen molar-refractivity contribution in [3.05, 3.63) is 35.4 Å². The van der Waals surface area contributed by atoms with Gasteiger partial charge in [0, 0.05) is 18.2 Å². The van der Waals surface area contributed by atoms with E-state index in [-0.39, 0.29) is 18.2 Å². The van der Waals surface area contributed by atoms with Crippen LogP contribution in [0.1, 0.15) is 39.2 Å². The Morgan fingerprint density at radius 2 is 1.75 bits per heavy atom. The molecule has 1 unspecified atom stereocenters. The van der Waals surface area contributed by atoms with Crippen LogP contribution >= 0.6 is 0 Å². The number of nitrogens with one attached hydrogen (secondary N) is 1. The third kappa shape index (κ3) is 5.55. The fourth-order valence-corrected chi connectivity index (χ4v) is 2.24. The third-order valence-corrected chi connectivity index (χ3v) is 3.69. The Morgan fingerprint density at radius 3 is 2.30 bits per heavy atom. The normalized spacial score (nSPS) is 12.9. The lowest BCUT2D eigenvalue weighted by Crippen LogP contribution is -2.29. The highest BCUT2D eigenvalue weighted by Crippen LogP contribution is 2.12. The van der Waals surface area contributed by atoms with Crippen LogP contribution in [0.3, 0.4) is 0 Å². The average Bonchev–Trinajstić information content (AvgIpc) is 2.43. The summed E-state index contributed by atoms with van der Waals surface area (Å²) in [5.41, 5.74) is 0.128. The zero-order chi connectivity index (χ0) is 15.0. The molecule has 0 aromatic heterocycles. The minimum absolute atomic E-state index is 0.128. The first-order valence-corrected chi connectivity index (χ1v) is 7.47. The second kappa shape index (κ2) is 9.03. The lowest BCUT2D eigenvalue weighted by molar-refractivity contribution is 0.290. The summed E-state index contributed by atoms with van der Waals surface area (Å²) in [5, 5.41) is 3.19. The number of rotatable bonds is 9. The maximum Gasteiger partial charge on any atom is 0.130 e. The van der Waals surface area contributed by atoms with Crippen LogP contribution < -0.4 is 5.32 Å². The molecule has 1 rings (SSSR count). The zero-order valence-corrected chi connectivity index (χ0v) is 12.8. The highest BCUT2D eigenvalue weighted by Gasteiger charge is 2.10. The zero-order valence-electron chi connectivity index (χ0n) is 12.8. The van der Waals surface area contributed by atoms with Gasteiger partial charge in [-0.2, -0.15) is 0 Å². The van der Waals surface area contributed by atoms with Crippen molar-refractivity contribution in [1.82, 2.24) is 10.2 Å². The van der Waals surface area contributed by atoms with Crippen molar-refractivity contribution >= 4 is 0 Å². The van der Waals surface area contributed by atoms with E-state index in [9.17, 15) is 8.78 Å². The van der Waals surface area contributed by atoms with Crippen molar-refractivity contribution in [3.8, 4) is 0 Å². The van der Waals surface area contributed by atoms with Crippen molar-refractivity contribution in [2.45, 2.75) is 46.2 Å². The average molecular weight is 284 g/mol. The van der Waals surface area contributed by atoms with Crippen LogP contribution in [0.2, 0.25) is 0 Å². The molecule has 0 aliphatic carbocycles. The van der Waals surface area contributed by atoms with Crippen molar-refractivity contribution in [1.29, 1.82) is 0 Å². The molecular weight excluding hydrogens is 258 g/mol. The predicted octanol–water partition coefficient (Wildman–Crippen LogP) is 3.56. The van der Waals surface area contributed by atoms with E-state index in [4.69, 9.17) is 0 Å². The Bertz CT molecular complexity index is 372. The summed E-state index contributed by atoms with van der Waals surface area (Å²) in [6, 6.07) is 4.24. The molecule has 0 bridgehead atoms. The SMILES string of the molecule is CCN(CC)CCCC(C)NCc1c(F)cccc1F. The molecule has 0 amide bonds. The Hall–Kier alpha value is -1.00. The Kier molecular flexibility index (Phi) is 7.70. The molecule has 1 N–H and O–H groups in total. The van der Waals surface area contributed by atoms with E-state index < -0.39 is 11.6 Å². The fourth-order valence-electron chi connectivity index (χ4n) is 2.24. The van der Waals surface area contributed by atoms with Crippen LogP contribution in [0.15, 0.2) is 18.2 Å². The first kappa shape index (κ1) is 17.1. The lowest BCUT2D eigenvalue weighted by Gasteiger charge is -2.20. The van der Waals surface area contributed by atoms with Gasteiger partial charge in [-0.25, -0.2) is 8.78 Å². The summed E-state index contributed by atoms with van der Waals surface area (Å²) < 4.78 is 26.9. The molecule has 1 atom stereocenters. The molecule has 0 saturated carbocycles. The molecular formula is C16H26F2N2. The number of halogens is 2. The van der Waals surface area contributed by atoms with Crippen LogP contribution in [0.5, 0.6) is 0 Å². The van der Waals surface area contributed by atoms with Gasteiger partial charge in [-0.3, -0.25) is 0 Å². The Labute approximate surface area is 121 Å². The Balaban J connectivity index is 2.31. The van der Waals surface area contributed by atoms with Crippen LogP contribution in [0.4, 0.5) is 8.78 Å². The molecule has 0 fully saturated rings. The van der Waals surface area contributed by atoms with Gasteiger partial charge in [0.2, 0.25) is 0 Å². The highest BCUT2D eigenvalue weighted by atomic mass is 19.1. The maximum absolute atomic E-state index is 13.5. The standard InChI is InChI=1S/C16H26F2N2/c1-4-20(5-2)11-7-8-13(3)19-12-14-15(17)9-6-10-16(14)18/h6,9-10,13,19H,4-5,7-8,11-12H2,1-3H3. The second-order valence-electron chi connectivity index (χ2n) is 5.15. The van der Waals surface area contributed by atoms with Gasteiger partial charge in [-0.05, 0) is 51.5 Å². The highest BCUT2D eigenvalue weighted by molar-refractivity contribution is 5.19. The minimum atomic E-state index is -0.479. The second-order valence-corrected chi connectivity index (χ2v) is 5.15. The summed E-state index contributed by atoms with van der Waals surface area (Å²) >= 11 is 0. The van der Waals surface area contributed by atoms with E-state index in [1.807, 2.05) is 0 Å². The molecule has 0 radical (unpaired) electrons. The van der Waals surface area contributed by atoms with Gasteiger partial charge in [0.15, 0.2) is 0 Å². The summed E-state index contributed by atoms with van der Waals surface area (Å²) in [7, 11) is 0. The molecule has 0 aliphatic heterocycles. The molecule has 2 nitrogen and oxygen atoms in total. The van der Waals surface area contributed by atoms with Gasteiger partial charge >= 0.3 is 0 Å². The van der Waals surface area contributed by atoms with Gasteiger partial charge in [0.05, 0.1) is 0 Å². The largest absolute Gasteiger partial charge is 0.310 e. The Morgan fingerprint density at radius 1 is 1.15 bits per heavy atom. The fraction of sp³-hybridized carbons (Fsp3) is 0.625. The summed E-state index contributed by atoms with van der Waals surface area (Å²) in [6.07, 6.45) is 2.10. The van der Waals surface area contributed by atoms with Crippen molar-refractivity contribution < 1.29 is 8.78 Å². The quantitative estimate of drug-likeness (QED) is 0.746. The van der Waals surface area contributed by atoms with E-state index in [2.05, 4.69) is 31.0 Å². The summed E-state index contributed by atoms with van der Waals surface area (Å²) in [5.74, 6) is -0.958. The van der Waals surface area contributed by atoms with E-state index in [0.29, 0.717) is 0 Å². The van der Waals surface area contributed by atoms with Crippen molar-refractivity contribution in [2.75, 3.05) is 19.6 Å². The minimum Gasteiger partial charge on any atom is -0.310 e. The molecule has 20 heavy (non-hydrogen) atoms. The van der Waals surface area contributed by atoms with Crippen molar-refractivity contribution in [3.63, 3.8) is 0 Å². The van der Waals surface area contributed by atoms with Gasteiger partial charge < -0.3 is 10.2 Å². The molecule has 0 spiro atoms. The monoisotopic (exact) mass is 284 g/mol. The molecule has 1 aromatic rings. The maximum atomic E-state index is 13.5. The summed E-state index contributed by atoms with van der Waals surface area (Å²) in [6.45, 7) is 9.83. The van der Waals surface area contributed by atoms with E-state index in [1.54, 1.807) is 0 Å². The van der Waals surface area contributed by atoms with Gasteiger partial charge in [0.1, 0.15) is 11.6 Å². The molecule has 0 saturated heterocycles. The molecule has 1 aromatic carbocycles. The topological polar surface area (TPSA) is 15.3 Å². The summed E-state index contributed by atoms with van der Waals surface area (Å²) in [4.78, 5) is 2.38. The number of nitrogens with zero attached hydrogens (tertiary/aromatic N) is 1. The van der Waals surface area contributed by atoms with E-state index in [0.717, 1.165) is 32.5 Å². The van der Waals surface area contributed by atoms with E-state index in [1.165, 1.54) is 18.2 Å². The van der Waals surface area contributed by atoms with Crippen LogP contribution in [-0.4, -0.2) is 30.6 Å². The number of hydrogen-bond acceptors (Lipinski definition) is 2. The first-order chi connectivity index (χ1) is 9.58. The predicted molar refractivity (Wildman–Crippen MR) is 79.7 cm³/mol. The first-order valence-electron chi connectivity index (χ1n) is 7.47. The molecule has 0 aliphatic rings. The molecule has 114 valence electrons. The molecule has 0 heterocycles. The van der Waals surface area contributed by atoms with Crippen molar-refractivity contribution in [2.24, 2.45) is 0 Å². The van der Waals surface area contributed by atoms with Gasteiger partial charge in [-0.1, -0.05) is 19.9 Å². The van der Waals surface area contributed by atoms with Crippen LogP contribution in [0, 0.1) is 11.6 Å².